The quantitative estimate of drug-likeness (QED) is 0.445. The third kappa shape index (κ3) is 2.43. The van der Waals surface area contributed by atoms with Crippen LogP contribution in [0, 0.1) is 0 Å². The fourth-order valence-corrected chi connectivity index (χ4v) is 1.02. The van der Waals surface area contributed by atoms with Crippen molar-refractivity contribution in [2.75, 3.05) is 0 Å². The number of rotatable bonds is 3. The summed E-state index contributed by atoms with van der Waals surface area (Å²) in [7, 11) is -3.89. The van der Waals surface area contributed by atoms with Crippen molar-refractivity contribution < 1.29 is 18.6 Å². The maximum atomic E-state index is 10.4. The Bertz CT molecular complexity index is 145. The number of nitrogens with two attached hydrogens (primary N) is 1. The lowest BCUT2D eigenvalue weighted by atomic mass is 10.9. The number of hydrogen-bond acceptors (Lipinski definition) is 4. The zero-order chi connectivity index (χ0) is 6.91. The highest BCUT2D eigenvalue weighted by Gasteiger charge is 2.32. The summed E-state index contributed by atoms with van der Waals surface area (Å²) >= 11 is 0. The molecule has 1 saturated carbocycles. The van der Waals surface area contributed by atoms with Gasteiger partial charge >= 0.3 is 7.82 Å². The van der Waals surface area contributed by atoms with Gasteiger partial charge < -0.3 is 4.89 Å². The van der Waals surface area contributed by atoms with Gasteiger partial charge in [0.05, 0.1) is 6.10 Å². The first-order chi connectivity index (χ1) is 4.14. The zero-order valence-corrected chi connectivity index (χ0v) is 5.58. The first-order valence-electron chi connectivity index (χ1n) is 2.54. The van der Waals surface area contributed by atoms with Crippen molar-refractivity contribution in [2.45, 2.75) is 18.9 Å². The molecule has 0 aromatic carbocycles. The topological polar surface area (TPSA) is 81.8 Å². The average molecular weight is 153 g/mol. The second-order valence-electron chi connectivity index (χ2n) is 1.88. The van der Waals surface area contributed by atoms with Gasteiger partial charge in [0.15, 0.2) is 0 Å². The van der Waals surface area contributed by atoms with Crippen molar-refractivity contribution in [3.8, 4) is 0 Å². The first-order valence-corrected chi connectivity index (χ1v) is 4.03. The molecule has 9 heavy (non-hydrogen) atoms. The minimum atomic E-state index is -3.89. The molecule has 0 bridgehead atoms. The second-order valence-corrected chi connectivity index (χ2v) is 3.24. The highest BCUT2D eigenvalue weighted by Crippen LogP contribution is 2.47. The Morgan fingerprint density at radius 1 is 1.67 bits per heavy atom. The lowest BCUT2D eigenvalue weighted by Gasteiger charge is -2.05. The molecule has 0 spiro atoms. The van der Waals surface area contributed by atoms with E-state index in [0.717, 1.165) is 12.8 Å². The van der Waals surface area contributed by atoms with Gasteiger partial charge in [0.1, 0.15) is 0 Å². The zero-order valence-electron chi connectivity index (χ0n) is 4.69. The highest BCUT2D eigenvalue weighted by molar-refractivity contribution is 7.47. The van der Waals surface area contributed by atoms with Crippen molar-refractivity contribution in [3.05, 3.63) is 0 Å². The van der Waals surface area contributed by atoms with E-state index in [0.29, 0.717) is 0 Å². The van der Waals surface area contributed by atoms with Crippen LogP contribution in [0.4, 0.5) is 0 Å². The Balaban J connectivity index is 2.30. The molecule has 0 heterocycles. The monoisotopic (exact) mass is 153 g/mol. The number of hydrogen-bond donors (Lipinski definition) is 2. The van der Waals surface area contributed by atoms with Crippen LogP contribution in [-0.4, -0.2) is 11.0 Å². The summed E-state index contributed by atoms with van der Waals surface area (Å²) in [4.78, 5) is 8.52. The van der Waals surface area contributed by atoms with Crippen LogP contribution in [0.25, 0.3) is 0 Å². The van der Waals surface area contributed by atoms with Crippen molar-refractivity contribution in [1.29, 1.82) is 0 Å². The van der Waals surface area contributed by atoms with E-state index in [1.54, 1.807) is 0 Å². The summed E-state index contributed by atoms with van der Waals surface area (Å²) in [6.07, 6.45) is 1.51. The Hall–Kier alpha value is 0.0700. The Kier molecular flexibility index (Phi) is 1.88. The summed E-state index contributed by atoms with van der Waals surface area (Å²) in [5.74, 6) is 4.44. The van der Waals surface area contributed by atoms with Crippen molar-refractivity contribution >= 4 is 7.82 Å². The smallest absolute Gasteiger partial charge is 0.301 e. The third-order valence-corrected chi connectivity index (χ3v) is 1.77. The molecule has 1 rings (SSSR count). The molecule has 1 aliphatic rings. The van der Waals surface area contributed by atoms with Crippen LogP contribution < -0.4 is 5.90 Å². The minimum absolute atomic E-state index is 0.121. The Morgan fingerprint density at radius 3 is 2.56 bits per heavy atom. The van der Waals surface area contributed by atoms with E-state index in [4.69, 9.17) is 4.89 Å². The van der Waals surface area contributed by atoms with Crippen LogP contribution in [0.1, 0.15) is 12.8 Å². The molecule has 54 valence electrons. The first kappa shape index (κ1) is 7.18. The van der Waals surface area contributed by atoms with Gasteiger partial charge in [0, 0.05) is 0 Å². The van der Waals surface area contributed by atoms with Gasteiger partial charge in [-0.25, -0.2) is 15.1 Å². The minimum Gasteiger partial charge on any atom is -0.301 e. The molecule has 0 aromatic heterocycles. The second kappa shape index (κ2) is 2.36. The molecule has 5 nitrogen and oxygen atoms in total. The third-order valence-electron chi connectivity index (χ3n) is 0.940. The Morgan fingerprint density at radius 2 is 2.22 bits per heavy atom. The van der Waals surface area contributed by atoms with E-state index in [-0.39, 0.29) is 6.10 Å². The van der Waals surface area contributed by atoms with Crippen LogP contribution in [-0.2, 0) is 13.7 Å². The predicted molar refractivity (Wildman–Crippen MR) is 29.2 cm³/mol. The van der Waals surface area contributed by atoms with Gasteiger partial charge in [-0.05, 0) is 12.8 Å². The van der Waals surface area contributed by atoms with Crippen molar-refractivity contribution in [1.82, 2.24) is 0 Å². The molecule has 1 aliphatic carbocycles. The van der Waals surface area contributed by atoms with E-state index in [1.807, 2.05) is 0 Å². The number of phosphoric ester groups is 1. The van der Waals surface area contributed by atoms with E-state index >= 15 is 0 Å². The number of phosphoric acid groups is 1. The van der Waals surface area contributed by atoms with Gasteiger partial charge in [0.25, 0.3) is 0 Å². The molecule has 0 saturated heterocycles. The van der Waals surface area contributed by atoms with Crippen molar-refractivity contribution in [3.63, 3.8) is 0 Å². The van der Waals surface area contributed by atoms with E-state index in [2.05, 4.69) is 15.0 Å². The van der Waals surface area contributed by atoms with Gasteiger partial charge in [-0.1, -0.05) is 0 Å². The summed E-state index contributed by atoms with van der Waals surface area (Å²) in [5.41, 5.74) is 0. The average Bonchev–Trinajstić information content (AvgIpc) is 2.50. The Labute approximate surface area is 52.3 Å². The largest absolute Gasteiger partial charge is 0.488 e. The normalized spacial score (nSPS) is 25.6. The molecule has 1 fully saturated rings. The molecule has 0 aromatic rings. The highest BCUT2D eigenvalue weighted by atomic mass is 31.2. The molecule has 6 heteroatoms. The van der Waals surface area contributed by atoms with E-state index in [1.165, 1.54) is 0 Å². The molecule has 0 radical (unpaired) electrons. The molecule has 3 N–H and O–H groups in total. The van der Waals surface area contributed by atoms with Gasteiger partial charge in [-0.15, -0.1) is 0 Å². The van der Waals surface area contributed by atoms with E-state index < -0.39 is 7.82 Å². The van der Waals surface area contributed by atoms with Crippen molar-refractivity contribution in [2.24, 2.45) is 5.90 Å². The predicted octanol–water partition coefficient (Wildman–Crippen LogP) is 0.156. The van der Waals surface area contributed by atoms with Crippen LogP contribution in [0.3, 0.4) is 0 Å². The van der Waals surface area contributed by atoms with Gasteiger partial charge in [0.2, 0.25) is 0 Å². The molecular weight excluding hydrogens is 145 g/mol. The van der Waals surface area contributed by atoms with Gasteiger partial charge in [-0.2, -0.15) is 0 Å². The van der Waals surface area contributed by atoms with Crippen LogP contribution in [0.5, 0.6) is 0 Å². The molecule has 1 atom stereocenters. The fraction of sp³-hybridized carbons (Fsp3) is 1.00. The summed E-state index contributed by atoms with van der Waals surface area (Å²) in [6, 6.07) is 0. The fourth-order valence-electron chi connectivity index (χ4n) is 0.387. The summed E-state index contributed by atoms with van der Waals surface area (Å²) in [5, 5.41) is 0. The van der Waals surface area contributed by atoms with E-state index in [9.17, 15) is 4.57 Å². The summed E-state index contributed by atoms with van der Waals surface area (Å²) < 4.78 is 18.6. The molecule has 0 aliphatic heterocycles. The maximum Gasteiger partial charge on any atom is 0.488 e. The van der Waals surface area contributed by atoms with Crippen LogP contribution >= 0.6 is 7.82 Å². The lowest BCUT2D eigenvalue weighted by molar-refractivity contribution is 0.144. The maximum absolute atomic E-state index is 10.4. The van der Waals surface area contributed by atoms with Crippen LogP contribution in [0.2, 0.25) is 0 Å². The standard InChI is InChI=1S/C3H8NO4P/c4-8-9(5,6)7-3-1-2-3/h3H,1-2,4H2,(H,5,6). The SMILES string of the molecule is NOP(=O)(O)OC1CC1. The lowest BCUT2D eigenvalue weighted by Crippen LogP contribution is -2.00. The molecular formula is C3H8NO4P. The van der Waals surface area contributed by atoms with Gasteiger partial charge in [-0.3, -0.25) is 4.52 Å². The molecule has 1 unspecified atom stereocenters. The van der Waals surface area contributed by atoms with Crippen LogP contribution in [0.15, 0.2) is 0 Å². The molecule has 0 amide bonds. The summed E-state index contributed by atoms with van der Waals surface area (Å²) in [6.45, 7) is 0.